The van der Waals surface area contributed by atoms with E-state index in [9.17, 15) is 0 Å². The van der Waals surface area contributed by atoms with Gasteiger partial charge in [0.2, 0.25) is 0 Å². The molecular formula is C10H19N3O. The van der Waals surface area contributed by atoms with Gasteiger partial charge in [0.05, 0.1) is 18.7 Å². The standard InChI is InChI=1S/C10H19N3O/c1-4-6-13-9(11)12-7-10(13,3)8-14-5-2/h4H,1,5-8H2,2-3H3,(H2,11,12). The van der Waals surface area contributed by atoms with Crippen LogP contribution in [0, 0.1) is 0 Å². The fraction of sp³-hybridized carbons (Fsp3) is 0.700. The monoisotopic (exact) mass is 197 g/mol. The first kappa shape index (κ1) is 11.0. The van der Waals surface area contributed by atoms with Gasteiger partial charge in [0.15, 0.2) is 5.96 Å². The molecule has 0 spiro atoms. The van der Waals surface area contributed by atoms with Crippen molar-refractivity contribution >= 4 is 5.96 Å². The van der Waals surface area contributed by atoms with E-state index in [1.807, 2.05) is 17.9 Å². The highest BCUT2D eigenvalue weighted by Gasteiger charge is 2.37. The van der Waals surface area contributed by atoms with Crippen molar-refractivity contribution in [1.29, 1.82) is 0 Å². The summed E-state index contributed by atoms with van der Waals surface area (Å²) in [6.45, 7) is 10.6. The minimum absolute atomic E-state index is 0.103. The Balaban J connectivity index is 2.64. The van der Waals surface area contributed by atoms with Crippen LogP contribution in [0.3, 0.4) is 0 Å². The van der Waals surface area contributed by atoms with Crippen LogP contribution in [0.5, 0.6) is 0 Å². The van der Waals surface area contributed by atoms with Crippen LogP contribution in [0.4, 0.5) is 0 Å². The van der Waals surface area contributed by atoms with Gasteiger partial charge < -0.3 is 15.4 Å². The molecule has 4 nitrogen and oxygen atoms in total. The van der Waals surface area contributed by atoms with E-state index in [-0.39, 0.29) is 5.54 Å². The van der Waals surface area contributed by atoms with Crippen LogP contribution in [-0.4, -0.2) is 42.7 Å². The van der Waals surface area contributed by atoms with Gasteiger partial charge in [0.1, 0.15) is 0 Å². The molecule has 0 aromatic heterocycles. The molecule has 0 aromatic carbocycles. The van der Waals surface area contributed by atoms with Crippen LogP contribution in [0.25, 0.3) is 0 Å². The maximum atomic E-state index is 5.78. The molecule has 1 atom stereocenters. The Morgan fingerprint density at radius 2 is 2.50 bits per heavy atom. The van der Waals surface area contributed by atoms with Crippen molar-refractivity contribution in [1.82, 2.24) is 4.90 Å². The van der Waals surface area contributed by atoms with Crippen LogP contribution in [-0.2, 0) is 4.74 Å². The maximum absolute atomic E-state index is 5.78. The molecule has 0 saturated heterocycles. The Labute approximate surface area is 85.4 Å². The van der Waals surface area contributed by atoms with E-state index in [4.69, 9.17) is 10.5 Å². The first-order chi connectivity index (χ1) is 6.64. The van der Waals surface area contributed by atoms with Crippen molar-refractivity contribution in [3.05, 3.63) is 12.7 Å². The van der Waals surface area contributed by atoms with Crippen LogP contribution >= 0.6 is 0 Å². The van der Waals surface area contributed by atoms with Gasteiger partial charge in [-0.3, -0.25) is 4.99 Å². The second kappa shape index (κ2) is 4.46. The molecule has 0 fully saturated rings. The summed E-state index contributed by atoms with van der Waals surface area (Å²) < 4.78 is 5.44. The topological polar surface area (TPSA) is 50.8 Å². The molecule has 1 aliphatic rings. The first-order valence-electron chi connectivity index (χ1n) is 4.90. The third-order valence-corrected chi connectivity index (χ3v) is 2.44. The molecule has 0 aromatic rings. The summed E-state index contributed by atoms with van der Waals surface area (Å²) in [5, 5.41) is 0. The van der Waals surface area contributed by atoms with Crippen LogP contribution in [0.2, 0.25) is 0 Å². The van der Waals surface area contributed by atoms with Crippen molar-refractivity contribution in [3.63, 3.8) is 0 Å². The van der Waals surface area contributed by atoms with Crippen LogP contribution < -0.4 is 5.73 Å². The molecular weight excluding hydrogens is 178 g/mol. The summed E-state index contributed by atoms with van der Waals surface area (Å²) in [5.41, 5.74) is 5.68. The van der Waals surface area contributed by atoms with E-state index in [1.165, 1.54) is 0 Å². The lowest BCUT2D eigenvalue weighted by Crippen LogP contribution is -2.52. The molecule has 1 unspecified atom stereocenters. The largest absolute Gasteiger partial charge is 0.379 e. The highest BCUT2D eigenvalue weighted by Crippen LogP contribution is 2.21. The fourth-order valence-electron chi connectivity index (χ4n) is 1.59. The highest BCUT2D eigenvalue weighted by atomic mass is 16.5. The second-order valence-corrected chi connectivity index (χ2v) is 3.71. The molecule has 0 aliphatic carbocycles. The van der Waals surface area contributed by atoms with Gasteiger partial charge in [-0.2, -0.15) is 0 Å². The molecule has 0 bridgehead atoms. The zero-order valence-corrected chi connectivity index (χ0v) is 8.99. The summed E-state index contributed by atoms with van der Waals surface area (Å²) in [7, 11) is 0. The van der Waals surface area contributed by atoms with Crippen LogP contribution in [0.15, 0.2) is 17.6 Å². The number of hydrogen-bond donors (Lipinski definition) is 1. The minimum Gasteiger partial charge on any atom is -0.379 e. The van der Waals surface area contributed by atoms with Crippen LogP contribution in [0.1, 0.15) is 13.8 Å². The van der Waals surface area contributed by atoms with E-state index in [0.717, 1.165) is 13.2 Å². The fourth-order valence-corrected chi connectivity index (χ4v) is 1.59. The lowest BCUT2D eigenvalue weighted by Gasteiger charge is -2.35. The normalized spacial score (nSPS) is 26.4. The predicted octanol–water partition coefficient (Wildman–Crippen LogP) is 0.598. The van der Waals surface area contributed by atoms with Crippen molar-refractivity contribution in [2.75, 3.05) is 26.3 Å². The summed E-state index contributed by atoms with van der Waals surface area (Å²) in [4.78, 5) is 6.27. The summed E-state index contributed by atoms with van der Waals surface area (Å²) in [6.07, 6.45) is 1.83. The molecule has 2 N–H and O–H groups in total. The number of rotatable bonds is 5. The number of nitrogens with zero attached hydrogens (tertiary/aromatic N) is 2. The van der Waals surface area contributed by atoms with Gasteiger partial charge in [-0.15, -0.1) is 6.58 Å². The van der Waals surface area contributed by atoms with E-state index in [1.54, 1.807) is 0 Å². The van der Waals surface area contributed by atoms with Crippen molar-refractivity contribution in [3.8, 4) is 0 Å². The number of ether oxygens (including phenoxy) is 1. The molecule has 0 amide bonds. The SMILES string of the molecule is C=CCN1C(N)=NCC1(C)COCC. The van der Waals surface area contributed by atoms with Crippen molar-refractivity contribution < 1.29 is 4.74 Å². The lowest BCUT2D eigenvalue weighted by molar-refractivity contribution is 0.0568. The third-order valence-electron chi connectivity index (χ3n) is 2.44. The van der Waals surface area contributed by atoms with E-state index in [2.05, 4.69) is 18.5 Å². The average molecular weight is 197 g/mol. The number of aliphatic imine (C=N–C) groups is 1. The molecule has 14 heavy (non-hydrogen) atoms. The zero-order valence-electron chi connectivity index (χ0n) is 8.99. The summed E-state index contributed by atoms with van der Waals surface area (Å²) in [5.74, 6) is 0.590. The third kappa shape index (κ3) is 2.07. The summed E-state index contributed by atoms with van der Waals surface area (Å²) in [6, 6.07) is 0. The average Bonchev–Trinajstić information content (AvgIpc) is 2.44. The molecule has 0 radical (unpaired) electrons. The van der Waals surface area contributed by atoms with E-state index in [0.29, 0.717) is 19.1 Å². The predicted molar refractivity (Wildman–Crippen MR) is 58.3 cm³/mol. The van der Waals surface area contributed by atoms with Gasteiger partial charge in [0.25, 0.3) is 0 Å². The molecule has 1 aliphatic heterocycles. The van der Waals surface area contributed by atoms with Gasteiger partial charge in [-0.1, -0.05) is 6.08 Å². The van der Waals surface area contributed by atoms with Gasteiger partial charge >= 0.3 is 0 Å². The molecule has 0 saturated carbocycles. The maximum Gasteiger partial charge on any atom is 0.192 e. The Morgan fingerprint density at radius 3 is 3.07 bits per heavy atom. The smallest absolute Gasteiger partial charge is 0.192 e. The molecule has 1 heterocycles. The quantitative estimate of drug-likeness (QED) is 0.657. The second-order valence-electron chi connectivity index (χ2n) is 3.71. The van der Waals surface area contributed by atoms with Gasteiger partial charge in [-0.25, -0.2) is 0 Å². The minimum atomic E-state index is -0.103. The van der Waals surface area contributed by atoms with Crippen molar-refractivity contribution in [2.45, 2.75) is 19.4 Å². The molecule has 80 valence electrons. The Bertz CT molecular complexity index is 240. The van der Waals surface area contributed by atoms with E-state index >= 15 is 0 Å². The molecule has 4 heteroatoms. The number of nitrogens with two attached hydrogens (primary N) is 1. The number of guanidine groups is 1. The zero-order chi connectivity index (χ0) is 10.6. The van der Waals surface area contributed by atoms with Gasteiger partial charge in [0, 0.05) is 13.2 Å². The summed E-state index contributed by atoms with van der Waals surface area (Å²) >= 11 is 0. The highest BCUT2D eigenvalue weighted by molar-refractivity contribution is 5.81. The van der Waals surface area contributed by atoms with Crippen molar-refractivity contribution in [2.24, 2.45) is 10.7 Å². The number of hydrogen-bond acceptors (Lipinski definition) is 4. The van der Waals surface area contributed by atoms with Gasteiger partial charge in [-0.05, 0) is 13.8 Å². The Hall–Kier alpha value is -1.03. The lowest BCUT2D eigenvalue weighted by atomic mass is 10.0. The Kier molecular flexibility index (Phi) is 3.52. The Morgan fingerprint density at radius 1 is 1.79 bits per heavy atom. The molecule has 1 rings (SSSR count). The van der Waals surface area contributed by atoms with E-state index < -0.39 is 0 Å². The first-order valence-corrected chi connectivity index (χ1v) is 4.90.